The van der Waals surface area contributed by atoms with Crippen molar-refractivity contribution in [2.45, 2.75) is 63.6 Å². The molecule has 3 rings (SSSR count). The lowest BCUT2D eigenvalue weighted by Crippen LogP contribution is -2.60. The Morgan fingerprint density at radius 3 is 2.50 bits per heavy atom. The third-order valence-corrected chi connectivity index (χ3v) is 4.81. The van der Waals surface area contributed by atoms with E-state index in [2.05, 4.69) is 12.2 Å². The van der Waals surface area contributed by atoms with Gasteiger partial charge in [-0.3, -0.25) is 0 Å². The largest absolute Gasteiger partial charge is 0.377 e. The van der Waals surface area contributed by atoms with E-state index in [9.17, 15) is 0 Å². The SMILES string of the molecule is C[C@H]1OCC[C@H]1NC1CCC12CCC2. The Morgan fingerprint density at radius 2 is 2.07 bits per heavy atom. The molecule has 2 nitrogen and oxygen atoms in total. The van der Waals surface area contributed by atoms with Gasteiger partial charge in [0.25, 0.3) is 0 Å². The van der Waals surface area contributed by atoms with Crippen LogP contribution in [0.2, 0.25) is 0 Å². The number of nitrogens with one attached hydrogen (secondary N) is 1. The fraction of sp³-hybridized carbons (Fsp3) is 1.00. The Kier molecular flexibility index (Phi) is 2.10. The molecule has 1 spiro atoms. The van der Waals surface area contributed by atoms with Crippen LogP contribution in [0.25, 0.3) is 0 Å². The van der Waals surface area contributed by atoms with Crippen molar-refractivity contribution in [2.24, 2.45) is 5.41 Å². The molecular weight excluding hydrogens is 174 g/mol. The lowest BCUT2D eigenvalue weighted by atomic mass is 9.53. The minimum Gasteiger partial charge on any atom is -0.377 e. The van der Waals surface area contributed by atoms with E-state index in [0.29, 0.717) is 12.1 Å². The molecule has 3 fully saturated rings. The molecule has 1 heterocycles. The van der Waals surface area contributed by atoms with Gasteiger partial charge in [-0.05, 0) is 44.4 Å². The molecule has 1 aliphatic heterocycles. The Labute approximate surface area is 86.4 Å². The second kappa shape index (κ2) is 3.21. The highest BCUT2D eigenvalue weighted by molar-refractivity contribution is 5.06. The maximum Gasteiger partial charge on any atom is 0.0700 e. The number of hydrogen-bond acceptors (Lipinski definition) is 2. The molecule has 1 unspecified atom stereocenters. The fourth-order valence-corrected chi connectivity index (χ4v) is 3.40. The third kappa shape index (κ3) is 1.24. The summed E-state index contributed by atoms with van der Waals surface area (Å²) < 4.78 is 5.59. The minimum absolute atomic E-state index is 0.438. The predicted octanol–water partition coefficient (Wildman–Crippen LogP) is 2.09. The van der Waals surface area contributed by atoms with E-state index in [0.717, 1.165) is 18.1 Å². The van der Waals surface area contributed by atoms with Crippen molar-refractivity contribution < 1.29 is 4.74 Å². The Bertz CT molecular complexity index is 219. The van der Waals surface area contributed by atoms with Crippen molar-refractivity contribution in [2.75, 3.05) is 6.61 Å². The fourth-order valence-electron chi connectivity index (χ4n) is 3.40. The minimum atomic E-state index is 0.438. The standard InChI is InChI=1S/C12H21NO/c1-9-10(4-8-14-9)13-11-3-7-12(11)5-2-6-12/h9-11,13H,2-8H2,1H3/t9-,10-,11?/m1/s1. The van der Waals surface area contributed by atoms with Crippen molar-refractivity contribution in [3.05, 3.63) is 0 Å². The maximum atomic E-state index is 5.59. The molecule has 14 heavy (non-hydrogen) atoms. The van der Waals surface area contributed by atoms with E-state index in [4.69, 9.17) is 4.74 Å². The van der Waals surface area contributed by atoms with Gasteiger partial charge >= 0.3 is 0 Å². The van der Waals surface area contributed by atoms with Crippen molar-refractivity contribution in [3.63, 3.8) is 0 Å². The van der Waals surface area contributed by atoms with Crippen molar-refractivity contribution in [1.82, 2.24) is 5.32 Å². The number of ether oxygens (including phenoxy) is 1. The van der Waals surface area contributed by atoms with Gasteiger partial charge in [-0.15, -0.1) is 0 Å². The van der Waals surface area contributed by atoms with Crippen molar-refractivity contribution in [1.29, 1.82) is 0 Å². The molecule has 3 atom stereocenters. The highest BCUT2D eigenvalue weighted by Gasteiger charge is 2.51. The molecule has 1 saturated heterocycles. The van der Waals surface area contributed by atoms with Crippen LogP contribution in [0.4, 0.5) is 0 Å². The first-order chi connectivity index (χ1) is 6.80. The Balaban J connectivity index is 1.57. The van der Waals surface area contributed by atoms with E-state index in [1.165, 1.54) is 38.5 Å². The average molecular weight is 195 g/mol. The lowest BCUT2D eigenvalue weighted by molar-refractivity contribution is -0.0269. The van der Waals surface area contributed by atoms with Crippen molar-refractivity contribution in [3.8, 4) is 0 Å². The zero-order chi connectivity index (χ0) is 9.60. The second-order valence-electron chi connectivity index (χ2n) is 5.44. The van der Waals surface area contributed by atoms with Gasteiger partial charge in [-0.1, -0.05) is 6.42 Å². The van der Waals surface area contributed by atoms with Gasteiger partial charge < -0.3 is 10.1 Å². The van der Waals surface area contributed by atoms with E-state index >= 15 is 0 Å². The molecule has 0 aromatic carbocycles. The summed E-state index contributed by atoms with van der Waals surface area (Å²) in [5, 5.41) is 3.83. The summed E-state index contributed by atoms with van der Waals surface area (Å²) in [5.74, 6) is 0. The zero-order valence-corrected chi connectivity index (χ0v) is 9.09. The Morgan fingerprint density at radius 1 is 1.21 bits per heavy atom. The lowest BCUT2D eigenvalue weighted by Gasteiger charge is -2.57. The molecule has 3 aliphatic rings. The summed E-state index contributed by atoms with van der Waals surface area (Å²) in [4.78, 5) is 0. The van der Waals surface area contributed by atoms with Crippen LogP contribution in [0.1, 0.15) is 45.4 Å². The summed E-state index contributed by atoms with van der Waals surface area (Å²) in [6.07, 6.45) is 8.96. The number of rotatable bonds is 2. The van der Waals surface area contributed by atoms with E-state index in [1.807, 2.05) is 0 Å². The van der Waals surface area contributed by atoms with Gasteiger partial charge in [0.05, 0.1) is 6.10 Å². The van der Waals surface area contributed by atoms with Crippen LogP contribution >= 0.6 is 0 Å². The van der Waals surface area contributed by atoms with Crippen LogP contribution in [-0.4, -0.2) is 24.8 Å². The highest BCUT2D eigenvalue weighted by Crippen LogP contribution is 2.56. The molecule has 2 heteroatoms. The first kappa shape index (κ1) is 9.17. The monoisotopic (exact) mass is 195 g/mol. The van der Waals surface area contributed by atoms with Crippen LogP contribution in [0.15, 0.2) is 0 Å². The first-order valence-electron chi connectivity index (χ1n) is 6.18. The van der Waals surface area contributed by atoms with Gasteiger partial charge in [0.15, 0.2) is 0 Å². The molecule has 1 N–H and O–H groups in total. The maximum absolute atomic E-state index is 5.59. The zero-order valence-electron chi connectivity index (χ0n) is 9.09. The third-order valence-electron chi connectivity index (χ3n) is 4.81. The van der Waals surface area contributed by atoms with Gasteiger partial charge in [-0.2, -0.15) is 0 Å². The average Bonchev–Trinajstić information content (AvgIpc) is 2.42. The molecular formula is C12H21NO. The summed E-state index contributed by atoms with van der Waals surface area (Å²) in [7, 11) is 0. The van der Waals surface area contributed by atoms with Gasteiger partial charge in [0.2, 0.25) is 0 Å². The summed E-state index contributed by atoms with van der Waals surface area (Å²) in [6.45, 7) is 3.16. The van der Waals surface area contributed by atoms with E-state index in [1.54, 1.807) is 0 Å². The van der Waals surface area contributed by atoms with Crippen LogP contribution in [0, 0.1) is 5.41 Å². The first-order valence-corrected chi connectivity index (χ1v) is 6.18. The van der Waals surface area contributed by atoms with Crippen molar-refractivity contribution >= 4 is 0 Å². The molecule has 0 amide bonds. The molecule has 80 valence electrons. The van der Waals surface area contributed by atoms with Gasteiger partial charge in [0, 0.05) is 18.7 Å². The number of hydrogen-bond donors (Lipinski definition) is 1. The molecule has 0 aromatic rings. The molecule has 2 aliphatic carbocycles. The van der Waals surface area contributed by atoms with Gasteiger partial charge in [0.1, 0.15) is 0 Å². The summed E-state index contributed by atoms with van der Waals surface area (Å²) in [5.41, 5.74) is 0.738. The topological polar surface area (TPSA) is 21.3 Å². The molecule has 2 saturated carbocycles. The highest BCUT2D eigenvalue weighted by atomic mass is 16.5. The normalized spacial score (nSPS) is 44.8. The predicted molar refractivity (Wildman–Crippen MR) is 56.3 cm³/mol. The van der Waals surface area contributed by atoms with Gasteiger partial charge in [-0.25, -0.2) is 0 Å². The summed E-state index contributed by atoms with van der Waals surface area (Å²) >= 11 is 0. The van der Waals surface area contributed by atoms with Crippen LogP contribution in [-0.2, 0) is 4.74 Å². The second-order valence-corrected chi connectivity index (χ2v) is 5.44. The van der Waals surface area contributed by atoms with Crippen LogP contribution in [0.5, 0.6) is 0 Å². The van der Waals surface area contributed by atoms with E-state index < -0.39 is 0 Å². The van der Waals surface area contributed by atoms with Crippen LogP contribution < -0.4 is 5.32 Å². The quantitative estimate of drug-likeness (QED) is 0.728. The summed E-state index contributed by atoms with van der Waals surface area (Å²) in [6, 6.07) is 1.46. The van der Waals surface area contributed by atoms with E-state index in [-0.39, 0.29) is 0 Å². The smallest absolute Gasteiger partial charge is 0.0700 e. The molecule has 0 aromatic heterocycles. The van der Waals surface area contributed by atoms with Crippen LogP contribution in [0.3, 0.4) is 0 Å². The molecule has 0 radical (unpaired) electrons. The molecule has 0 bridgehead atoms. The Hall–Kier alpha value is -0.0800.